The average molecular weight is 352 g/mol. The van der Waals surface area contributed by atoms with E-state index in [1.807, 2.05) is 35.8 Å². The molecule has 26 heavy (non-hydrogen) atoms. The lowest BCUT2D eigenvalue weighted by Gasteiger charge is -2.10. The molecule has 0 aliphatic rings. The SMILES string of the molecule is Cc1cc2ccccc2n1CC(=O)NCCNc1ccccc1[N+](=O)[O-]. The maximum atomic E-state index is 12.2. The van der Waals surface area contributed by atoms with E-state index in [9.17, 15) is 14.9 Å². The highest BCUT2D eigenvalue weighted by Crippen LogP contribution is 2.22. The number of nitrogens with zero attached hydrogens (tertiary/aromatic N) is 2. The largest absolute Gasteiger partial charge is 0.378 e. The fourth-order valence-electron chi connectivity index (χ4n) is 2.94. The van der Waals surface area contributed by atoms with Gasteiger partial charge in [0, 0.05) is 30.4 Å². The van der Waals surface area contributed by atoms with Crippen LogP contribution in [0.25, 0.3) is 10.9 Å². The molecule has 2 aromatic carbocycles. The number of anilines is 1. The van der Waals surface area contributed by atoms with Gasteiger partial charge in [-0.2, -0.15) is 0 Å². The molecule has 0 aliphatic carbocycles. The molecule has 1 heterocycles. The van der Waals surface area contributed by atoms with Crippen LogP contribution in [-0.2, 0) is 11.3 Å². The number of nitro benzene ring substituents is 1. The molecule has 0 aliphatic heterocycles. The number of rotatable bonds is 7. The molecule has 0 fully saturated rings. The van der Waals surface area contributed by atoms with E-state index in [4.69, 9.17) is 0 Å². The van der Waals surface area contributed by atoms with Crippen LogP contribution in [0.15, 0.2) is 54.6 Å². The maximum absolute atomic E-state index is 12.2. The molecule has 0 atom stereocenters. The first kappa shape index (κ1) is 17.5. The standard InChI is InChI=1S/C19H20N4O3/c1-14-12-15-6-2-4-8-17(15)22(14)13-19(24)21-11-10-20-16-7-3-5-9-18(16)23(25)26/h2-9,12,20H,10-11,13H2,1H3,(H,21,24). The fourth-order valence-corrected chi connectivity index (χ4v) is 2.94. The van der Waals surface area contributed by atoms with Gasteiger partial charge in [0.15, 0.2) is 0 Å². The Labute approximate surface area is 150 Å². The second-order valence-corrected chi connectivity index (χ2v) is 5.98. The van der Waals surface area contributed by atoms with E-state index in [-0.39, 0.29) is 18.1 Å². The van der Waals surface area contributed by atoms with Crippen LogP contribution in [0.4, 0.5) is 11.4 Å². The summed E-state index contributed by atoms with van der Waals surface area (Å²) in [6.07, 6.45) is 0. The van der Waals surface area contributed by atoms with E-state index in [2.05, 4.69) is 16.7 Å². The summed E-state index contributed by atoms with van der Waals surface area (Å²) in [4.78, 5) is 22.8. The number of carbonyl (C=O) groups excluding carboxylic acids is 1. The Morgan fingerprint density at radius 1 is 1.12 bits per heavy atom. The second-order valence-electron chi connectivity index (χ2n) is 5.98. The molecule has 0 saturated heterocycles. The van der Waals surface area contributed by atoms with Crippen LogP contribution in [0, 0.1) is 17.0 Å². The second kappa shape index (κ2) is 7.69. The number of para-hydroxylation sites is 3. The van der Waals surface area contributed by atoms with Gasteiger partial charge >= 0.3 is 0 Å². The van der Waals surface area contributed by atoms with Crippen molar-refractivity contribution in [2.24, 2.45) is 0 Å². The van der Waals surface area contributed by atoms with Gasteiger partial charge in [0.1, 0.15) is 12.2 Å². The van der Waals surface area contributed by atoms with Crippen LogP contribution >= 0.6 is 0 Å². The molecule has 2 N–H and O–H groups in total. The molecular weight excluding hydrogens is 332 g/mol. The molecule has 3 rings (SSSR count). The third-order valence-corrected chi connectivity index (χ3v) is 4.18. The first-order chi connectivity index (χ1) is 12.6. The van der Waals surface area contributed by atoms with Gasteiger partial charge in [0.2, 0.25) is 5.91 Å². The Kier molecular flexibility index (Phi) is 5.17. The van der Waals surface area contributed by atoms with Gasteiger partial charge in [-0.05, 0) is 30.5 Å². The zero-order chi connectivity index (χ0) is 18.5. The summed E-state index contributed by atoms with van der Waals surface area (Å²) in [7, 11) is 0. The van der Waals surface area contributed by atoms with Crippen LogP contribution in [0.5, 0.6) is 0 Å². The molecular formula is C19H20N4O3. The number of hydrogen-bond donors (Lipinski definition) is 2. The van der Waals surface area contributed by atoms with E-state index in [0.717, 1.165) is 16.6 Å². The van der Waals surface area contributed by atoms with E-state index in [1.54, 1.807) is 18.2 Å². The fraction of sp³-hybridized carbons (Fsp3) is 0.211. The van der Waals surface area contributed by atoms with Crippen molar-refractivity contribution in [3.8, 4) is 0 Å². The van der Waals surface area contributed by atoms with Gasteiger partial charge in [-0.15, -0.1) is 0 Å². The van der Waals surface area contributed by atoms with Gasteiger partial charge in [0.25, 0.3) is 5.69 Å². The molecule has 3 aromatic rings. The van der Waals surface area contributed by atoms with Crippen LogP contribution in [0.2, 0.25) is 0 Å². The van der Waals surface area contributed by atoms with E-state index < -0.39 is 4.92 Å². The lowest BCUT2D eigenvalue weighted by atomic mass is 10.2. The van der Waals surface area contributed by atoms with Gasteiger partial charge in [0.05, 0.1) is 4.92 Å². The van der Waals surface area contributed by atoms with Crippen LogP contribution in [-0.4, -0.2) is 28.5 Å². The summed E-state index contributed by atoms with van der Waals surface area (Å²) in [5, 5.41) is 17.9. The van der Waals surface area contributed by atoms with Gasteiger partial charge in [-0.1, -0.05) is 30.3 Å². The number of nitrogens with one attached hydrogen (secondary N) is 2. The minimum absolute atomic E-state index is 0.0215. The molecule has 7 heteroatoms. The minimum Gasteiger partial charge on any atom is -0.378 e. The molecule has 7 nitrogen and oxygen atoms in total. The highest BCUT2D eigenvalue weighted by Gasteiger charge is 2.12. The van der Waals surface area contributed by atoms with Gasteiger partial charge in [-0.3, -0.25) is 14.9 Å². The average Bonchev–Trinajstić information content (AvgIpc) is 2.94. The number of aromatic nitrogens is 1. The number of amides is 1. The quantitative estimate of drug-likeness (QED) is 0.388. The molecule has 134 valence electrons. The van der Waals surface area contributed by atoms with Crippen LogP contribution < -0.4 is 10.6 Å². The predicted octanol–water partition coefficient (Wildman–Crippen LogP) is 3.09. The van der Waals surface area contributed by atoms with Crippen molar-refractivity contribution in [1.82, 2.24) is 9.88 Å². The molecule has 1 aromatic heterocycles. The zero-order valence-electron chi connectivity index (χ0n) is 14.4. The maximum Gasteiger partial charge on any atom is 0.292 e. The molecule has 1 amide bonds. The molecule has 0 bridgehead atoms. The van der Waals surface area contributed by atoms with E-state index in [1.165, 1.54) is 6.07 Å². The lowest BCUT2D eigenvalue weighted by molar-refractivity contribution is -0.384. The normalized spacial score (nSPS) is 10.7. The third-order valence-electron chi connectivity index (χ3n) is 4.18. The smallest absolute Gasteiger partial charge is 0.292 e. The van der Waals surface area contributed by atoms with Crippen molar-refractivity contribution in [2.75, 3.05) is 18.4 Å². The summed E-state index contributed by atoms with van der Waals surface area (Å²) >= 11 is 0. The Hall–Kier alpha value is -3.35. The summed E-state index contributed by atoms with van der Waals surface area (Å²) in [6.45, 7) is 3.00. The third kappa shape index (κ3) is 3.83. The summed E-state index contributed by atoms with van der Waals surface area (Å²) < 4.78 is 1.97. The summed E-state index contributed by atoms with van der Waals surface area (Å²) in [5.41, 5.74) is 2.52. The monoisotopic (exact) mass is 352 g/mol. The van der Waals surface area contributed by atoms with Crippen molar-refractivity contribution in [1.29, 1.82) is 0 Å². The summed E-state index contributed by atoms with van der Waals surface area (Å²) in [6, 6.07) is 16.4. The van der Waals surface area contributed by atoms with Crippen LogP contribution in [0.3, 0.4) is 0 Å². The first-order valence-corrected chi connectivity index (χ1v) is 8.35. The Morgan fingerprint density at radius 2 is 1.85 bits per heavy atom. The highest BCUT2D eigenvalue weighted by atomic mass is 16.6. The van der Waals surface area contributed by atoms with E-state index >= 15 is 0 Å². The number of aryl methyl sites for hydroxylation is 1. The molecule has 0 unspecified atom stereocenters. The molecule has 0 saturated carbocycles. The van der Waals surface area contributed by atoms with Gasteiger partial charge in [-0.25, -0.2) is 0 Å². The topological polar surface area (TPSA) is 89.2 Å². The van der Waals surface area contributed by atoms with E-state index in [0.29, 0.717) is 18.8 Å². The Bertz CT molecular complexity index is 949. The number of fused-ring (bicyclic) bond motifs is 1. The molecule has 0 spiro atoms. The number of carbonyl (C=O) groups is 1. The Morgan fingerprint density at radius 3 is 2.65 bits per heavy atom. The van der Waals surface area contributed by atoms with Gasteiger partial charge < -0.3 is 15.2 Å². The predicted molar refractivity (Wildman–Crippen MR) is 101 cm³/mol. The number of hydrogen-bond acceptors (Lipinski definition) is 4. The molecule has 0 radical (unpaired) electrons. The Balaban J connectivity index is 1.54. The van der Waals surface area contributed by atoms with Crippen molar-refractivity contribution in [2.45, 2.75) is 13.5 Å². The van der Waals surface area contributed by atoms with Crippen molar-refractivity contribution < 1.29 is 9.72 Å². The van der Waals surface area contributed by atoms with Crippen molar-refractivity contribution >= 4 is 28.2 Å². The zero-order valence-corrected chi connectivity index (χ0v) is 14.4. The summed E-state index contributed by atoms with van der Waals surface area (Å²) in [5.74, 6) is -0.0983. The number of benzene rings is 2. The van der Waals surface area contributed by atoms with Crippen molar-refractivity contribution in [3.63, 3.8) is 0 Å². The lowest BCUT2D eigenvalue weighted by Crippen LogP contribution is -2.31. The minimum atomic E-state index is -0.430. The number of nitro groups is 1. The first-order valence-electron chi connectivity index (χ1n) is 8.35. The highest BCUT2D eigenvalue weighted by molar-refractivity contribution is 5.84. The van der Waals surface area contributed by atoms with Crippen LogP contribution in [0.1, 0.15) is 5.69 Å². The van der Waals surface area contributed by atoms with Crippen molar-refractivity contribution in [3.05, 3.63) is 70.4 Å².